The number of nitrogens with one attached hydrogen (secondary N) is 3. The van der Waals surface area contributed by atoms with Crippen LogP contribution in [-0.4, -0.2) is 119 Å². The third kappa shape index (κ3) is 9.91. The van der Waals surface area contributed by atoms with Crippen LogP contribution in [0.1, 0.15) is 65.4 Å². The monoisotopic (exact) mass is 730 g/mol. The smallest absolute Gasteiger partial charge is 0.328 e. The second-order valence-corrected chi connectivity index (χ2v) is 14.0. The normalized spacial score (nSPS) is 25.6. The van der Waals surface area contributed by atoms with E-state index in [1.165, 1.54) is 41.7 Å². The van der Waals surface area contributed by atoms with E-state index in [4.69, 9.17) is 4.74 Å². The summed E-state index contributed by atoms with van der Waals surface area (Å²) in [5.41, 5.74) is 0.0477. The van der Waals surface area contributed by atoms with Crippen LogP contribution in [-0.2, 0) is 44.7 Å². The molecule has 0 bridgehead atoms. The van der Waals surface area contributed by atoms with Crippen molar-refractivity contribution in [2.75, 3.05) is 26.7 Å². The molecule has 14 nitrogen and oxygen atoms in total. The maximum atomic E-state index is 14.2. The first-order chi connectivity index (χ1) is 24.6. The number of allylic oxidation sites excluding steroid dienone is 1. The Bertz CT molecular complexity index is 1570. The Morgan fingerprint density at radius 1 is 0.942 bits per heavy atom. The summed E-state index contributed by atoms with van der Waals surface area (Å²) in [7, 11) is 1.42. The van der Waals surface area contributed by atoms with Crippen molar-refractivity contribution in [1.29, 1.82) is 0 Å². The van der Waals surface area contributed by atoms with Crippen LogP contribution in [0.4, 0.5) is 8.78 Å². The molecular formula is C36H48F2N6O8. The van der Waals surface area contributed by atoms with Crippen LogP contribution in [0.15, 0.2) is 30.4 Å². The standard InChI is InChI=1S/C36H48F2N6O8/c1-20(2)9-6-12-30(45)40-26(17-23-15-24(37)18-25(38)16-23)32(47)41-27-19-52-36(51)29-11-8-14-44(29)33(48)21(3)39-31(46)22(4)42(5)35(50)28-10-7-13-43(28)34(27)49/h6,12,15-16,18,20-22,26-29H,7-11,13-14,17,19H2,1-5H3,(H,39,46)(H,40,45)(H,41,47)/b12-6+/t21-,22-,26-,27-,28-,29-/m0/s1. The van der Waals surface area contributed by atoms with Gasteiger partial charge in [0.05, 0.1) is 0 Å². The van der Waals surface area contributed by atoms with Crippen molar-refractivity contribution >= 4 is 41.4 Å². The first kappa shape index (κ1) is 39.9. The van der Waals surface area contributed by atoms with Crippen LogP contribution in [0.25, 0.3) is 0 Å². The van der Waals surface area contributed by atoms with Gasteiger partial charge in [0.15, 0.2) is 0 Å². The van der Waals surface area contributed by atoms with E-state index in [1.54, 1.807) is 6.08 Å². The van der Waals surface area contributed by atoms with Gasteiger partial charge in [0.2, 0.25) is 35.4 Å². The summed E-state index contributed by atoms with van der Waals surface area (Å²) in [6, 6.07) is -4.38. The number of fused-ring (bicyclic) bond motifs is 2. The Balaban J connectivity index is 1.67. The fourth-order valence-corrected chi connectivity index (χ4v) is 6.56. The molecule has 284 valence electrons. The van der Waals surface area contributed by atoms with Crippen LogP contribution in [0.5, 0.6) is 0 Å². The number of benzene rings is 1. The highest BCUT2D eigenvalue weighted by Gasteiger charge is 2.43. The molecule has 1 aromatic rings. The highest BCUT2D eigenvalue weighted by molar-refractivity contribution is 5.98. The minimum absolute atomic E-state index is 0.0477. The lowest BCUT2D eigenvalue weighted by Gasteiger charge is -2.34. The third-order valence-electron chi connectivity index (χ3n) is 9.54. The first-order valence-corrected chi connectivity index (χ1v) is 17.6. The molecule has 0 spiro atoms. The van der Waals surface area contributed by atoms with Crippen LogP contribution in [0.2, 0.25) is 0 Å². The number of carbonyl (C=O) groups excluding carboxylic acids is 7. The maximum absolute atomic E-state index is 14.2. The van der Waals surface area contributed by atoms with E-state index in [9.17, 15) is 42.3 Å². The van der Waals surface area contributed by atoms with Gasteiger partial charge in [0, 0.05) is 32.6 Å². The Hall–Kier alpha value is -4.89. The highest BCUT2D eigenvalue weighted by atomic mass is 19.1. The van der Waals surface area contributed by atoms with Crippen LogP contribution < -0.4 is 16.0 Å². The summed E-state index contributed by atoms with van der Waals surface area (Å²) in [6.45, 7) is 6.53. The average Bonchev–Trinajstić information content (AvgIpc) is 3.78. The molecule has 16 heteroatoms. The van der Waals surface area contributed by atoms with E-state index < -0.39 is 95.9 Å². The molecule has 0 aromatic heterocycles. The topological polar surface area (TPSA) is 175 Å². The summed E-state index contributed by atoms with van der Waals surface area (Å²) in [4.78, 5) is 98.3. The summed E-state index contributed by atoms with van der Waals surface area (Å²) in [6.07, 6.45) is 4.47. The number of hydrogen-bond donors (Lipinski definition) is 3. The van der Waals surface area contributed by atoms with E-state index in [-0.39, 0.29) is 43.8 Å². The highest BCUT2D eigenvalue weighted by Crippen LogP contribution is 2.23. The van der Waals surface area contributed by atoms with E-state index in [0.717, 1.165) is 12.1 Å². The lowest BCUT2D eigenvalue weighted by Crippen LogP contribution is -2.60. The number of nitrogens with zero attached hydrogens (tertiary/aromatic N) is 3. The lowest BCUT2D eigenvalue weighted by atomic mass is 10.0. The molecule has 3 N–H and O–H groups in total. The van der Waals surface area contributed by atoms with Gasteiger partial charge in [0.1, 0.15) is 54.5 Å². The van der Waals surface area contributed by atoms with Gasteiger partial charge in [-0.1, -0.05) is 19.9 Å². The van der Waals surface area contributed by atoms with Crippen LogP contribution in [0, 0.1) is 17.6 Å². The van der Waals surface area contributed by atoms with Gasteiger partial charge in [-0.3, -0.25) is 28.8 Å². The van der Waals surface area contributed by atoms with Gasteiger partial charge in [-0.2, -0.15) is 0 Å². The molecule has 3 fully saturated rings. The molecule has 0 unspecified atom stereocenters. The summed E-state index contributed by atoms with van der Waals surface area (Å²) in [5, 5.41) is 7.70. The molecule has 3 heterocycles. The van der Waals surface area contributed by atoms with Crippen molar-refractivity contribution in [2.24, 2.45) is 5.92 Å². The number of halogens is 2. The van der Waals surface area contributed by atoms with Gasteiger partial charge in [-0.15, -0.1) is 0 Å². The molecule has 3 aliphatic heterocycles. The Morgan fingerprint density at radius 2 is 1.56 bits per heavy atom. The lowest BCUT2D eigenvalue weighted by molar-refractivity contribution is -0.158. The third-order valence-corrected chi connectivity index (χ3v) is 9.54. The van der Waals surface area contributed by atoms with Gasteiger partial charge < -0.3 is 35.4 Å². The Labute approximate surface area is 301 Å². The molecule has 3 aliphatic rings. The molecule has 0 aliphatic carbocycles. The summed E-state index contributed by atoms with van der Waals surface area (Å²) < 4.78 is 33.8. The molecular weight excluding hydrogens is 682 g/mol. The van der Waals surface area contributed by atoms with Gasteiger partial charge in [0.25, 0.3) is 0 Å². The number of hydrogen-bond acceptors (Lipinski definition) is 8. The zero-order valence-electron chi connectivity index (χ0n) is 30.2. The largest absolute Gasteiger partial charge is 0.461 e. The van der Waals surface area contributed by atoms with Crippen molar-refractivity contribution in [2.45, 2.75) is 102 Å². The zero-order chi connectivity index (χ0) is 38.3. The van der Waals surface area contributed by atoms with Gasteiger partial charge in [-0.05, 0) is 75.6 Å². The molecule has 52 heavy (non-hydrogen) atoms. The molecule has 1 aromatic carbocycles. The number of rotatable bonds is 8. The summed E-state index contributed by atoms with van der Waals surface area (Å²) >= 11 is 0. The number of likely N-dealkylation sites (N-methyl/N-ethyl adjacent to an activating group) is 1. The Kier molecular flexibility index (Phi) is 13.5. The number of amides is 6. The quantitative estimate of drug-likeness (QED) is 0.262. The fourth-order valence-electron chi connectivity index (χ4n) is 6.56. The van der Waals surface area contributed by atoms with E-state index in [1.807, 2.05) is 13.8 Å². The minimum atomic E-state index is -1.56. The number of cyclic esters (lactones) is 1. The van der Waals surface area contributed by atoms with Crippen LogP contribution >= 0.6 is 0 Å². The number of esters is 1. The molecule has 3 saturated heterocycles. The predicted octanol–water partition coefficient (Wildman–Crippen LogP) is 0.970. The molecule has 0 saturated carbocycles. The van der Waals surface area contributed by atoms with Crippen molar-refractivity contribution in [3.63, 3.8) is 0 Å². The minimum Gasteiger partial charge on any atom is -0.461 e. The van der Waals surface area contributed by atoms with Crippen molar-refractivity contribution in [1.82, 2.24) is 30.7 Å². The van der Waals surface area contributed by atoms with Crippen molar-refractivity contribution < 1.29 is 47.1 Å². The van der Waals surface area contributed by atoms with Gasteiger partial charge in [-0.25, -0.2) is 13.6 Å². The zero-order valence-corrected chi connectivity index (χ0v) is 30.2. The SMILES string of the molecule is CC(C)C/C=C/C(=O)N[C@@H](Cc1cc(F)cc(F)c1)C(=O)N[C@H]1COC(=O)[C@@H]2CCCN2C(=O)[C@H](C)NC(=O)[C@H](C)N(C)C(=O)[C@@H]2CCCN2C1=O. The predicted molar refractivity (Wildman–Crippen MR) is 183 cm³/mol. The molecule has 4 rings (SSSR count). The van der Waals surface area contributed by atoms with Crippen LogP contribution in [0.3, 0.4) is 0 Å². The second-order valence-electron chi connectivity index (χ2n) is 14.0. The maximum Gasteiger partial charge on any atom is 0.328 e. The van der Waals surface area contributed by atoms with Gasteiger partial charge >= 0.3 is 5.97 Å². The fraction of sp³-hybridized carbons (Fsp3) is 0.583. The summed E-state index contributed by atoms with van der Waals surface area (Å²) in [5.74, 6) is -6.41. The second kappa shape index (κ2) is 17.6. The Morgan fingerprint density at radius 3 is 2.19 bits per heavy atom. The number of ether oxygens (including phenoxy) is 1. The molecule has 0 radical (unpaired) electrons. The van der Waals surface area contributed by atoms with E-state index >= 15 is 0 Å². The van der Waals surface area contributed by atoms with E-state index in [2.05, 4.69) is 16.0 Å². The van der Waals surface area contributed by atoms with Crippen molar-refractivity contribution in [3.05, 3.63) is 47.5 Å². The number of carbonyl (C=O) groups is 7. The molecule has 6 atom stereocenters. The first-order valence-electron chi connectivity index (χ1n) is 17.6. The van der Waals surface area contributed by atoms with Crippen molar-refractivity contribution in [3.8, 4) is 0 Å². The van der Waals surface area contributed by atoms with E-state index in [0.29, 0.717) is 25.3 Å². The molecule has 6 amide bonds. The average molecular weight is 731 g/mol.